The lowest BCUT2D eigenvalue weighted by Gasteiger charge is -2.27. The molecule has 1 aliphatic rings. The van der Waals surface area contributed by atoms with Gasteiger partial charge in [0.2, 0.25) is 5.95 Å². The molecular formula is C13H15FN4. The molecule has 3 rings (SSSR count). The number of benzene rings is 1. The number of rotatable bonds is 1. The summed E-state index contributed by atoms with van der Waals surface area (Å²) in [7, 11) is 0. The van der Waals surface area contributed by atoms with Crippen molar-refractivity contribution in [3.8, 4) is 0 Å². The number of anilines is 1. The lowest BCUT2D eigenvalue weighted by atomic mass is 9.86. The Kier molecular flexibility index (Phi) is 2.54. The second-order valence-corrected chi connectivity index (χ2v) is 4.90. The number of fused-ring (bicyclic) bond motifs is 1. The van der Waals surface area contributed by atoms with Crippen molar-refractivity contribution in [2.24, 2.45) is 0 Å². The van der Waals surface area contributed by atoms with E-state index < -0.39 is 0 Å². The van der Waals surface area contributed by atoms with Crippen molar-refractivity contribution in [2.75, 3.05) is 5.73 Å². The van der Waals surface area contributed by atoms with Gasteiger partial charge in [0, 0.05) is 18.4 Å². The van der Waals surface area contributed by atoms with Gasteiger partial charge in [0.1, 0.15) is 11.6 Å². The second-order valence-electron chi connectivity index (χ2n) is 4.90. The van der Waals surface area contributed by atoms with Gasteiger partial charge in [-0.05, 0) is 24.1 Å². The highest BCUT2D eigenvalue weighted by Gasteiger charge is 2.28. The maximum Gasteiger partial charge on any atom is 0.239 e. The van der Waals surface area contributed by atoms with Crippen molar-refractivity contribution in [2.45, 2.75) is 31.7 Å². The van der Waals surface area contributed by atoms with Gasteiger partial charge in [0.15, 0.2) is 0 Å². The van der Waals surface area contributed by atoms with E-state index in [4.69, 9.17) is 5.73 Å². The normalized spacial score (nSPS) is 22.8. The van der Waals surface area contributed by atoms with Crippen LogP contribution in [0.3, 0.4) is 0 Å². The van der Waals surface area contributed by atoms with Crippen LogP contribution in [0, 0.1) is 5.82 Å². The van der Waals surface area contributed by atoms with E-state index in [1.54, 1.807) is 12.1 Å². The first kappa shape index (κ1) is 11.2. The minimum atomic E-state index is -0.191. The van der Waals surface area contributed by atoms with Crippen LogP contribution in [0.4, 0.5) is 10.3 Å². The van der Waals surface area contributed by atoms with Crippen LogP contribution in [-0.4, -0.2) is 14.8 Å². The molecule has 5 heteroatoms. The first-order valence-corrected chi connectivity index (χ1v) is 6.09. The maximum atomic E-state index is 13.3. The Morgan fingerprint density at radius 3 is 3.06 bits per heavy atom. The zero-order valence-electron chi connectivity index (χ0n) is 10.2. The largest absolute Gasteiger partial charge is 0.366 e. The number of hydrogen-bond acceptors (Lipinski definition) is 3. The van der Waals surface area contributed by atoms with Crippen molar-refractivity contribution >= 4 is 5.95 Å². The van der Waals surface area contributed by atoms with Crippen LogP contribution >= 0.6 is 0 Å². The molecule has 2 heterocycles. The highest BCUT2D eigenvalue weighted by molar-refractivity contribution is 5.24. The Morgan fingerprint density at radius 2 is 2.28 bits per heavy atom. The summed E-state index contributed by atoms with van der Waals surface area (Å²) >= 11 is 0. The molecule has 1 aromatic carbocycles. The van der Waals surface area contributed by atoms with Gasteiger partial charge in [-0.15, -0.1) is 5.10 Å². The molecule has 0 fully saturated rings. The van der Waals surface area contributed by atoms with Crippen LogP contribution in [0.5, 0.6) is 0 Å². The van der Waals surface area contributed by atoms with Crippen LogP contribution in [0.2, 0.25) is 0 Å². The van der Waals surface area contributed by atoms with E-state index in [0.717, 1.165) is 17.8 Å². The van der Waals surface area contributed by atoms with Gasteiger partial charge in [0.25, 0.3) is 0 Å². The minimum Gasteiger partial charge on any atom is -0.366 e. The minimum absolute atomic E-state index is 0.191. The monoisotopic (exact) mass is 246 g/mol. The molecule has 4 nitrogen and oxygen atoms in total. The van der Waals surface area contributed by atoms with Crippen LogP contribution in [0.1, 0.15) is 36.6 Å². The molecule has 0 bridgehead atoms. The van der Waals surface area contributed by atoms with Gasteiger partial charge in [-0.25, -0.2) is 9.07 Å². The molecule has 94 valence electrons. The van der Waals surface area contributed by atoms with Gasteiger partial charge in [-0.2, -0.15) is 4.98 Å². The molecule has 0 spiro atoms. The number of aromatic nitrogens is 3. The molecule has 2 aromatic rings. The molecule has 1 aromatic heterocycles. The van der Waals surface area contributed by atoms with Gasteiger partial charge in [-0.1, -0.05) is 19.1 Å². The summed E-state index contributed by atoms with van der Waals surface area (Å²) in [5.74, 6) is 1.61. The van der Waals surface area contributed by atoms with Crippen molar-refractivity contribution in [1.82, 2.24) is 14.8 Å². The molecule has 2 unspecified atom stereocenters. The van der Waals surface area contributed by atoms with E-state index in [1.165, 1.54) is 6.07 Å². The summed E-state index contributed by atoms with van der Waals surface area (Å²) in [6, 6.07) is 6.78. The summed E-state index contributed by atoms with van der Waals surface area (Å²) in [6.45, 7) is 2.82. The van der Waals surface area contributed by atoms with E-state index in [0.29, 0.717) is 12.5 Å². The Balaban J connectivity index is 1.94. The summed E-state index contributed by atoms with van der Waals surface area (Å²) in [5.41, 5.74) is 6.64. The second kappa shape index (κ2) is 4.08. The molecule has 0 saturated carbocycles. The number of nitrogen functional groups attached to an aromatic ring is 1. The number of nitrogens with two attached hydrogens (primary N) is 1. The molecular weight excluding hydrogens is 231 g/mol. The lowest BCUT2D eigenvalue weighted by molar-refractivity contribution is 0.382. The fraction of sp³-hybridized carbons (Fsp3) is 0.385. The molecule has 0 saturated heterocycles. The highest BCUT2D eigenvalue weighted by Crippen LogP contribution is 2.35. The fourth-order valence-corrected chi connectivity index (χ4v) is 2.69. The van der Waals surface area contributed by atoms with Crippen LogP contribution < -0.4 is 5.73 Å². The van der Waals surface area contributed by atoms with Crippen molar-refractivity contribution in [1.29, 1.82) is 0 Å². The van der Waals surface area contributed by atoms with E-state index in [9.17, 15) is 4.39 Å². The molecule has 0 aliphatic carbocycles. The molecule has 18 heavy (non-hydrogen) atoms. The topological polar surface area (TPSA) is 56.7 Å². The Hall–Kier alpha value is -1.91. The average molecular weight is 246 g/mol. The fourth-order valence-electron chi connectivity index (χ4n) is 2.69. The van der Waals surface area contributed by atoms with Crippen molar-refractivity contribution in [3.05, 3.63) is 41.5 Å². The van der Waals surface area contributed by atoms with Gasteiger partial charge in [-0.3, -0.25) is 0 Å². The van der Waals surface area contributed by atoms with E-state index in [1.807, 2.05) is 10.7 Å². The predicted molar refractivity (Wildman–Crippen MR) is 66.6 cm³/mol. The van der Waals surface area contributed by atoms with Gasteiger partial charge < -0.3 is 5.73 Å². The first-order chi connectivity index (χ1) is 8.63. The SMILES string of the molecule is CC1CC(c2cccc(F)c2)Cn2nc(N)nc21. The molecule has 2 atom stereocenters. The zero-order valence-corrected chi connectivity index (χ0v) is 10.2. The summed E-state index contributed by atoms with van der Waals surface area (Å²) in [5, 5.41) is 4.19. The summed E-state index contributed by atoms with van der Waals surface area (Å²) in [4.78, 5) is 4.23. The quantitative estimate of drug-likeness (QED) is 0.839. The number of hydrogen-bond donors (Lipinski definition) is 1. The van der Waals surface area contributed by atoms with Crippen LogP contribution in [-0.2, 0) is 6.54 Å². The third-order valence-electron chi connectivity index (χ3n) is 3.51. The molecule has 2 N–H and O–H groups in total. The summed E-state index contributed by atoms with van der Waals surface area (Å²) in [6.07, 6.45) is 0.946. The number of nitrogens with zero attached hydrogens (tertiary/aromatic N) is 3. The van der Waals surface area contributed by atoms with E-state index >= 15 is 0 Å². The van der Waals surface area contributed by atoms with E-state index in [-0.39, 0.29) is 17.7 Å². The number of halogens is 1. The van der Waals surface area contributed by atoms with E-state index in [2.05, 4.69) is 17.0 Å². The summed E-state index contributed by atoms with van der Waals surface area (Å²) < 4.78 is 15.1. The highest BCUT2D eigenvalue weighted by atomic mass is 19.1. The third-order valence-corrected chi connectivity index (χ3v) is 3.51. The predicted octanol–water partition coefficient (Wildman–Crippen LogP) is 2.29. The molecule has 1 aliphatic heterocycles. The average Bonchev–Trinajstić information content (AvgIpc) is 2.70. The third kappa shape index (κ3) is 1.85. The van der Waals surface area contributed by atoms with Crippen molar-refractivity contribution < 1.29 is 4.39 Å². The zero-order chi connectivity index (χ0) is 12.7. The van der Waals surface area contributed by atoms with Gasteiger partial charge in [0.05, 0.1) is 0 Å². The smallest absolute Gasteiger partial charge is 0.239 e. The first-order valence-electron chi connectivity index (χ1n) is 6.09. The standard InChI is InChI=1S/C13H15FN4/c1-8-5-10(9-3-2-4-11(14)6-9)7-18-12(8)16-13(15)17-18/h2-4,6,8,10H,5,7H2,1H3,(H2,15,17). The Labute approximate surface area is 105 Å². The maximum absolute atomic E-state index is 13.3. The Morgan fingerprint density at radius 1 is 1.44 bits per heavy atom. The Bertz CT molecular complexity index is 578. The van der Waals surface area contributed by atoms with Crippen molar-refractivity contribution in [3.63, 3.8) is 0 Å². The van der Waals surface area contributed by atoms with Crippen LogP contribution in [0.15, 0.2) is 24.3 Å². The lowest BCUT2D eigenvalue weighted by Crippen LogP contribution is -2.22. The molecule has 0 radical (unpaired) electrons. The molecule has 0 amide bonds. The van der Waals surface area contributed by atoms with Gasteiger partial charge >= 0.3 is 0 Å². The van der Waals surface area contributed by atoms with Crippen LogP contribution in [0.25, 0.3) is 0 Å².